The number of terminal acetylenes is 1. The Labute approximate surface area is 114 Å². The zero-order valence-corrected chi connectivity index (χ0v) is 11.1. The molecule has 0 aliphatic rings. The molecule has 0 spiro atoms. The Bertz CT molecular complexity index is 411. The number of hydrogen-bond donors (Lipinski definition) is 1. The maximum Gasteiger partial charge on any atom is 0.407 e. The summed E-state index contributed by atoms with van der Waals surface area (Å²) in [6.45, 7) is 0.797. The highest BCUT2D eigenvalue weighted by molar-refractivity contribution is 5.67. The summed E-state index contributed by atoms with van der Waals surface area (Å²) in [5.74, 6) is 2.53. The normalized spacial score (nSPS) is 11.4. The Hall–Kier alpha value is -1.99. The predicted molar refractivity (Wildman–Crippen MR) is 73.5 cm³/mol. The predicted octanol–water partition coefficient (Wildman–Crippen LogP) is 2.34. The van der Waals surface area contributed by atoms with Crippen molar-refractivity contribution in [3.63, 3.8) is 0 Å². The number of benzene rings is 1. The molecule has 4 nitrogen and oxygen atoms in total. The van der Waals surface area contributed by atoms with Crippen LogP contribution < -0.4 is 5.32 Å². The number of amides is 1. The van der Waals surface area contributed by atoms with Crippen molar-refractivity contribution in [3.05, 3.63) is 35.9 Å². The van der Waals surface area contributed by atoms with Gasteiger partial charge in [-0.15, -0.1) is 12.3 Å². The van der Waals surface area contributed by atoms with Gasteiger partial charge in [-0.1, -0.05) is 30.3 Å². The Kier molecular flexibility index (Phi) is 7.14. The zero-order valence-electron chi connectivity index (χ0n) is 11.1. The number of rotatable bonds is 7. The maximum absolute atomic E-state index is 11.6. The molecule has 0 radical (unpaired) electrons. The second kappa shape index (κ2) is 9.01. The molecule has 0 heterocycles. The van der Waals surface area contributed by atoms with Crippen molar-refractivity contribution in [1.82, 2.24) is 5.32 Å². The summed E-state index contributed by atoms with van der Waals surface area (Å²) in [5, 5.41) is 2.74. The second-order valence-electron chi connectivity index (χ2n) is 4.09. The largest absolute Gasteiger partial charge is 0.445 e. The van der Waals surface area contributed by atoms with Crippen LogP contribution in [0.5, 0.6) is 0 Å². The van der Waals surface area contributed by atoms with Gasteiger partial charge in [-0.3, -0.25) is 0 Å². The summed E-state index contributed by atoms with van der Waals surface area (Å²) in [7, 11) is 1.61. The van der Waals surface area contributed by atoms with Crippen LogP contribution in [0.3, 0.4) is 0 Å². The molecule has 0 bridgehead atoms. The van der Waals surface area contributed by atoms with Gasteiger partial charge in [0.1, 0.15) is 6.61 Å². The van der Waals surface area contributed by atoms with E-state index in [-0.39, 0.29) is 12.6 Å². The van der Waals surface area contributed by atoms with Crippen molar-refractivity contribution in [2.45, 2.75) is 25.5 Å². The fourth-order valence-electron chi connectivity index (χ4n) is 1.56. The van der Waals surface area contributed by atoms with Crippen LogP contribution in [-0.4, -0.2) is 25.9 Å². The average Bonchev–Trinajstić information content (AvgIpc) is 2.44. The third-order valence-corrected chi connectivity index (χ3v) is 2.57. The van der Waals surface area contributed by atoms with Crippen molar-refractivity contribution in [2.24, 2.45) is 0 Å². The van der Waals surface area contributed by atoms with Crippen LogP contribution in [0.2, 0.25) is 0 Å². The first-order valence-electron chi connectivity index (χ1n) is 6.16. The molecular formula is C15H19NO3. The second-order valence-corrected chi connectivity index (χ2v) is 4.09. The number of nitrogens with one attached hydrogen (secondary N) is 1. The van der Waals surface area contributed by atoms with Crippen LogP contribution in [0.1, 0.15) is 18.4 Å². The molecule has 1 amide bonds. The Morgan fingerprint density at radius 2 is 2.16 bits per heavy atom. The van der Waals surface area contributed by atoms with Crippen molar-refractivity contribution in [2.75, 3.05) is 13.7 Å². The van der Waals surface area contributed by atoms with E-state index < -0.39 is 6.09 Å². The molecule has 1 aromatic carbocycles. The lowest BCUT2D eigenvalue weighted by Crippen LogP contribution is -2.35. The molecule has 0 fully saturated rings. The molecule has 102 valence electrons. The fraction of sp³-hybridized carbons (Fsp3) is 0.400. The summed E-state index contributed by atoms with van der Waals surface area (Å²) < 4.78 is 10.1. The molecule has 0 saturated carbocycles. The van der Waals surface area contributed by atoms with Gasteiger partial charge in [0.25, 0.3) is 0 Å². The molecule has 0 aromatic heterocycles. The highest BCUT2D eigenvalue weighted by Crippen LogP contribution is 2.02. The Morgan fingerprint density at radius 1 is 1.42 bits per heavy atom. The van der Waals surface area contributed by atoms with E-state index in [2.05, 4.69) is 11.2 Å². The zero-order chi connectivity index (χ0) is 13.9. The third-order valence-electron chi connectivity index (χ3n) is 2.57. The number of carbonyl (C=O) groups excluding carboxylic acids is 1. The fourth-order valence-corrected chi connectivity index (χ4v) is 1.56. The van der Waals surface area contributed by atoms with E-state index in [1.54, 1.807) is 7.11 Å². The van der Waals surface area contributed by atoms with E-state index in [0.717, 1.165) is 5.56 Å². The molecular weight excluding hydrogens is 242 g/mol. The van der Waals surface area contributed by atoms with Crippen LogP contribution in [0.15, 0.2) is 30.3 Å². The van der Waals surface area contributed by atoms with Gasteiger partial charge in [-0.2, -0.15) is 0 Å². The highest BCUT2D eigenvalue weighted by Gasteiger charge is 2.11. The molecule has 1 unspecified atom stereocenters. The number of ether oxygens (including phenoxy) is 2. The topological polar surface area (TPSA) is 47.6 Å². The minimum Gasteiger partial charge on any atom is -0.445 e. The molecule has 1 aromatic rings. The molecule has 19 heavy (non-hydrogen) atoms. The highest BCUT2D eigenvalue weighted by atomic mass is 16.5. The van der Waals surface area contributed by atoms with E-state index in [4.69, 9.17) is 15.9 Å². The maximum atomic E-state index is 11.6. The summed E-state index contributed by atoms with van der Waals surface area (Å²) in [5.41, 5.74) is 0.947. The molecule has 4 heteroatoms. The smallest absolute Gasteiger partial charge is 0.407 e. The van der Waals surface area contributed by atoms with Crippen LogP contribution in [0.4, 0.5) is 4.79 Å². The van der Waals surface area contributed by atoms with Crippen LogP contribution in [0, 0.1) is 12.3 Å². The third kappa shape index (κ3) is 6.49. The number of methoxy groups -OCH3 is 1. The minimum absolute atomic E-state index is 0.117. The van der Waals surface area contributed by atoms with Crippen molar-refractivity contribution >= 4 is 6.09 Å². The van der Waals surface area contributed by atoms with E-state index in [1.165, 1.54) is 0 Å². The lowest BCUT2D eigenvalue weighted by atomic mass is 10.1. The van der Waals surface area contributed by atoms with E-state index in [0.29, 0.717) is 19.4 Å². The van der Waals surface area contributed by atoms with Gasteiger partial charge in [-0.05, 0) is 12.0 Å². The van der Waals surface area contributed by atoms with Gasteiger partial charge in [0.05, 0.1) is 0 Å². The summed E-state index contributed by atoms with van der Waals surface area (Å²) >= 11 is 0. The first kappa shape index (κ1) is 15.1. The van der Waals surface area contributed by atoms with Gasteiger partial charge in [-0.25, -0.2) is 4.79 Å². The van der Waals surface area contributed by atoms with Crippen molar-refractivity contribution < 1.29 is 14.3 Å². The standard InChI is InChI=1S/C15H19NO3/c1-3-7-14(10-11-18-2)16-15(17)19-12-13-8-5-4-6-9-13/h1,4-6,8-9,14H,7,10-12H2,2H3,(H,16,17). The monoisotopic (exact) mass is 261 g/mol. The number of hydrogen-bond acceptors (Lipinski definition) is 3. The van der Waals surface area contributed by atoms with Crippen LogP contribution in [-0.2, 0) is 16.1 Å². The van der Waals surface area contributed by atoms with Crippen molar-refractivity contribution in [3.8, 4) is 12.3 Å². The average molecular weight is 261 g/mol. The molecule has 0 aliphatic heterocycles. The van der Waals surface area contributed by atoms with Gasteiger partial charge < -0.3 is 14.8 Å². The summed E-state index contributed by atoms with van der Waals surface area (Å²) in [6, 6.07) is 9.39. The van der Waals surface area contributed by atoms with E-state index >= 15 is 0 Å². The minimum atomic E-state index is -0.458. The molecule has 1 atom stereocenters. The van der Waals surface area contributed by atoms with E-state index in [1.807, 2.05) is 30.3 Å². The van der Waals surface area contributed by atoms with Gasteiger partial charge in [0, 0.05) is 26.2 Å². The Balaban J connectivity index is 2.34. The first-order valence-corrected chi connectivity index (χ1v) is 6.16. The van der Waals surface area contributed by atoms with Crippen molar-refractivity contribution in [1.29, 1.82) is 0 Å². The molecule has 1 rings (SSSR count). The molecule has 0 aliphatic carbocycles. The number of alkyl carbamates (subject to hydrolysis) is 1. The summed E-state index contributed by atoms with van der Waals surface area (Å²) in [4.78, 5) is 11.6. The molecule has 0 saturated heterocycles. The quantitative estimate of drug-likeness (QED) is 0.766. The van der Waals surface area contributed by atoms with Crippen LogP contribution >= 0.6 is 0 Å². The summed E-state index contributed by atoms with van der Waals surface area (Å²) in [6.07, 6.45) is 5.93. The first-order chi connectivity index (χ1) is 9.26. The van der Waals surface area contributed by atoms with Gasteiger partial charge >= 0.3 is 6.09 Å². The van der Waals surface area contributed by atoms with E-state index in [9.17, 15) is 4.79 Å². The number of carbonyl (C=O) groups is 1. The lowest BCUT2D eigenvalue weighted by Gasteiger charge is -2.15. The van der Waals surface area contributed by atoms with Gasteiger partial charge in [0.2, 0.25) is 0 Å². The van der Waals surface area contributed by atoms with Crippen LogP contribution in [0.25, 0.3) is 0 Å². The Morgan fingerprint density at radius 3 is 2.79 bits per heavy atom. The SMILES string of the molecule is C#CCC(CCOC)NC(=O)OCc1ccccc1. The lowest BCUT2D eigenvalue weighted by molar-refractivity contribution is 0.131. The van der Waals surface area contributed by atoms with Gasteiger partial charge in [0.15, 0.2) is 0 Å². The molecule has 1 N–H and O–H groups in total.